The molecule has 0 aromatic heterocycles. The van der Waals surface area contributed by atoms with Crippen LogP contribution in [-0.2, 0) is 23.9 Å². The van der Waals surface area contributed by atoms with E-state index in [1.165, 1.54) is 6.08 Å². The fraction of sp³-hybridized carbons (Fsp3) is 0.412. The molecule has 1 fully saturated rings. The van der Waals surface area contributed by atoms with Gasteiger partial charge in [-0.05, 0) is 43.7 Å². The van der Waals surface area contributed by atoms with Crippen LogP contribution >= 0.6 is 0 Å². The quantitative estimate of drug-likeness (QED) is 0.154. The van der Waals surface area contributed by atoms with Crippen LogP contribution in [0.4, 0.5) is 0 Å². The predicted molar refractivity (Wildman–Crippen MR) is 164 cm³/mol. The first kappa shape index (κ1) is 33.3. The zero-order valence-corrected chi connectivity index (χ0v) is 24.8. The van der Waals surface area contributed by atoms with E-state index in [0.717, 1.165) is 12.8 Å². The van der Waals surface area contributed by atoms with Gasteiger partial charge in [-0.3, -0.25) is 19.2 Å². The molecule has 3 amide bonds. The van der Waals surface area contributed by atoms with Crippen LogP contribution in [0.25, 0.3) is 0 Å². The van der Waals surface area contributed by atoms with Crippen molar-refractivity contribution >= 4 is 23.7 Å². The number of hydrogen-bond acceptors (Lipinski definition) is 6. The number of carbonyl (C=O) groups is 4. The van der Waals surface area contributed by atoms with Crippen molar-refractivity contribution in [1.29, 1.82) is 0 Å². The third-order valence-electron chi connectivity index (χ3n) is 7.60. The standard InChI is InChI=1S/C34H43N3O6/c1-4-14-27(22-30(39)37-20-12-13-21-37)34(42)43-31(26-18-10-7-11-19-26)24(3)35-32(40)28(15-5-2)33(41)36-29(23-38)25-16-8-6-9-17-25/h4-11,16-19,24,27-29,31,38H,1-2,12-15,20-23H2,3H3,(H,35,40)(H,36,41)/t24-,27+,28?,29+,31-/m1/s1. The van der Waals surface area contributed by atoms with Crippen LogP contribution in [0.2, 0.25) is 0 Å². The minimum Gasteiger partial charge on any atom is -0.455 e. The topological polar surface area (TPSA) is 125 Å². The van der Waals surface area contributed by atoms with Gasteiger partial charge >= 0.3 is 5.97 Å². The normalized spacial score (nSPS) is 16.2. The Morgan fingerprint density at radius 3 is 2.00 bits per heavy atom. The molecule has 5 atom stereocenters. The van der Waals surface area contributed by atoms with Gasteiger partial charge in [0, 0.05) is 19.5 Å². The van der Waals surface area contributed by atoms with E-state index in [1.807, 2.05) is 12.1 Å². The number of likely N-dealkylation sites (tertiary alicyclic amines) is 1. The summed E-state index contributed by atoms with van der Waals surface area (Å²) in [6.07, 6.45) is 4.45. The Hall–Kier alpha value is -4.24. The van der Waals surface area contributed by atoms with Gasteiger partial charge in [0.15, 0.2) is 0 Å². The number of hydrogen-bond donors (Lipinski definition) is 3. The molecule has 9 nitrogen and oxygen atoms in total. The summed E-state index contributed by atoms with van der Waals surface area (Å²) < 4.78 is 5.99. The Bertz CT molecular complexity index is 1230. The van der Waals surface area contributed by atoms with Crippen LogP contribution in [0, 0.1) is 11.8 Å². The Balaban J connectivity index is 1.75. The molecule has 2 aromatic rings. The lowest BCUT2D eigenvalue weighted by Crippen LogP contribution is -2.47. The highest BCUT2D eigenvalue weighted by Crippen LogP contribution is 2.26. The summed E-state index contributed by atoms with van der Waals surface area (Å²) in [5.74, 6) is -3.63. The van der Waals surface area contributed by atoms with E-state index in [1.54, 1.807) is 66.4 Å². The molecule has 230 valence electrons. The van der Waals surface area contributed by atoms with Gasteiger partial charge in [-0.25, -0.2) is 0 Å². The molecule has 0 spiro atoms. The van der Waals surface area contributed by atoms with Crippen LogP contribution < -0.4 is 10.6 Å². The molecule has 1 unspecified atom stereocenters. The summed E-state index contributed by atoms with van der Waals surface area (Å²) in [5, 5.41) is 15.5. The summed E-state index contributed by atoms with van der Waals surface area (Å²) in [5.41, 5.74) is 1.36. The minimum atomic E-state index is -1.13. The lowest BCUT2D eigenvalue weighted by molar-refractivity contribution is -0.159. The molecule has 3 N–H and O–H groups in total. The molecule has 2 aromatic carbocycles. The summed E-state index contributed by atoms with van der Waals surface area (Å²) in [6.45, 7) is 10.2. The molecule has 3 rings (SSSR count). The number of carbonyl (C=O) groups excluding carboxylic acids is 4. The Morgan fingerprint density at radius 1 is 0.884 bits per heavy atom. The molecule has 0 saturated carbocycles. The maximum Gasteiger partial charge on any atom is 0.310 e. The Kier molecular flexibility index (Phi) is 13.2. The number of benzene rings is 2. The van der Waals surface area contributed by atoms with Crippen LogP contribution in [0.1, 0.15) is 62.3 Å². The number of aliphatic hydroxyl groups excluding tert-OH is 1. The van der Waals surface area contributed by atoms with Crippen molar-refractivity contribution in [3.8, 4) is 0 Å². The van der Waals surface area contributed by atoms with Gasteiger partial charge in [0.05, 0.1) is 24.6 Å². The molecule has 43 heavy (non-hydrogen) atoms. The first-order valence-corrected chi connectivity index (χ1v) is 14.8. The smallest absolute Gasteiger partial charge is 0.310 e. The van der Waals surface area contributed by atoms with Crippen LogP contribution in [0.5, 0.6) is 0 Å². The van der Waals surface area contributed by atoms with Gasteiger partial charge in [-0.15, -0.1) is 13.2 Å². The maximum atomic E-state index is 13.5. The number of allylic oxidation sites excluding steroid dienone is 2. The Morgan fingerprint density at radius 2 is 1.44 bits per heavy atom. The number of esters is 1. The van der Waals surface area contributed by atoms with E-state index in [4.69, 9.17) is 4.74 Å². The van der Waals surface area contributed by atoms with Crippen molar-refractivity contribution in [2.45, 2.75) is 57.2 Å². The van der Waals surface area contributed by atoms with Gasteiger partial charge < -0.3 is 25.4 Å². The van der Waals surface area contributed by atoms with Crippen LogP contribution in [0.15, 0.2) is 86.0 Å². The highest BCUT2D eigenvalue weighted by molar-refractivity contribution is 6.00. The van der Waals surface area contributed by atoms with Gasteiger partial charge in [0.1, 0.15) is 12.0 Å². The van der Waals surface area contributed by atoms with E-state index in [9.17, 15) is 24.3 Å². The first-order valence-electron chi connectivity index (χ1n) is 14.8. The van der Waals surface area contributed by atoms with Crippen molar-refractivity contribution in [3.05, 3.63) is 97.1 Å². The first-order chi connectivity index (χ1) is 20.8. The van der Waals surface area contributed by atoms with E-state index < -0.39 is 47.8 Å². The molecule has 1 aliphatic rings. The molecule has 9 heteroatoms. The maximum absolute atomic E-state index is 13.5. The third kappa shape index (κ3) is 9.64. The fourth-order valence-electron chi connectivity index (χ4n) is 5.19. The highest BCUT2D eigenvalue weighted by Gasteiger charge is 2.34. The summed E-state index contributed by atoms with van der Waals surface area (Å²) in [4.78, 5) is 54.7. The van der Waals surface area contributed by atoms with E-state index in [0.29, 0.717) is 24.2 Å². The molecule has 1 aliphatic heterocycles. The molecule has 1 heterocycles. The van der Waals surface area contributed by atoms with Gasteiger partial charge in [-0.1, -0.05) is 72.8 Å². The molecular formula is C34H43N3O6. The second kappa shape index (κ2) is 17.0. The van der Waals surface area contributed by atoms with Crippen LogP contribution in [-0.4, -0.2) is 59.4 Å². The monoisotopic (exact) mass is 589 g/mol. The predicted octanol–water partition coefficient (Wildman–Crippen LogP) is 4.02. The van der Waals surface area contributed by atoms with Gasteiger partial charge in [0.2, 0.25) is 17.7 Å². The largest absolute Gasteiger partial charge is 0.455 e. The summed E-state index contributed by atoms with van der Waals surface area (Å²) >= 11 is 0. The number of nitrogens with one attached hydrogen (secondary N) is 2. The number of aliphatic hydroxyl groups is 1. The van der Waals surface area contributed by atoms with E-state index >= 15 is 0 Å². The van der Waals surface area contributed by atoms with Gasteiger partial charge in [-0.2, -0.15) is 0 Å². The van der Waals surface area contributed by atoms with Crippen molar-refractivity contribution in [2.75, 3.05) is 19.7 Å². The molecular weight excluding hydrogens is 546 g/mol. The van der Waals surface area contributed by atoms with Crippen molar-refractivity contribution in [2.24, 2.45) is 11.8 Å². The van der Waals surface area contributed by atoms with Crippen LogP contribution in [0.3, 0.4) is 0 Å². The van der Waals surface area contributed by atoms with Crippen molar-refractivity contribution in [3.63, 3.8) is 0 Å². The summed E-state index contributed by atoms with van der Waals surface area (Å²) in [6, 6.07) is 16.6. The van der Waals surface area contributed by atoms with E-state index in [2.05, 4.69) is 23.8 Å². The zero-order valence-electron chi connectivity index (χ0n) is 24.8. The van der Waals surface area contributed by atoms with Crippen molar-refractivity contribution in [1.82, 2.24) is 15.5 Å². The number of rotatable bonds is 16. The fourth-order valence-corrected chi connectivity index (χ4v) is 5.19. The summed E-state index contributed by atoms with van der Waals surface area (Å²) in [7, 11) is 0. The second-order valence-corrected chi connectivity index (χ2v) is 10.8. The molecule has 0 bridgehead atoms. The number of ether oxygens (including phenoxy) is 1. The van der Waals surface area contributed by atoms with Gasteiger partial charge in [0.25, 0.3) is 0 Å². The SMILES string of the molecule is C=CCC(C(=O)N[C@@H](CO)c1ccccc1)C(=O)N[C@H](C)[C@@H](OC(=O)[C@@H](CC=C)CC(=O)N1CCCC1)c1ccccc1. The van der Waals surface area contributed by atoms with Crippen molar-refractivity contribution < 1.29 is 29.0 Å². The Labute approximate surface area is 254 Å². The lowest BCUT2D eigenvalue weighted by Gasteiger charge is -2.29. The number of nitrogens with zero attached hydrogens (tertiary/aromatic N) is 1. The number of amides is 3. The molecule has 0 aliphatic carbocycles. The third-order valence-corrected chi connectivity index (χ3v) is 7.60. The average Bonchev–Trinajstić information content (AvgIpc) is 3.57. The average molecular weight is 590 g/mol. The molecule has 1 saturated heterocycles. The second-order valence-electron chi connectivity index (χ2n) is 10.8. The highest BCUT2D eigenvalue weighted by atomic mass is 16.5. The van der Waals surface area contributed by atoms with E-state index in [-0.39, 0.29) is 31.8 Å². The lowest BCUT2D eigenvalue weighted by atomic mass is 9.98. The zero-order chi connectivity index (χ0) is 31.2. The molecule has 0 radical (unpaired) electrons. The minimum absolute atomic E-state index is 0.0160.